The fraction of sp³-hybridized carbons (Fsp3) is 0.600. The molecule has 2 rings (SSSR count). The van der Waals surface area contributed by atoms with Crippen molar-refractivity contribution in [2.75, 3.05) is 13.2 Å². The van der Waals surface area contributed by atoms with E-state index in [-0.39, 0.29) is 11.6 Å². The van der Waals surface area contributed by atoms with E-state index in [1.54, 1.807) is 0 Å². The van der Waals surface area contributed by atoms with Crippen LogP contribution in [0.4, 0.5) is 0 Å². The third-order valence-corrected chi connectivity index (χ3v) is 4.19. The van der Waals surface area contributed by atoms with Crippen molar-refractivity contribution >= 4 is 15.9 Å². The zero-order valence-corrected chi connectivity index (χ0v) is 12.8. The molecule has 2 unspecified atom stereocenters. The van der Waals surface area contributed by atoms with Crippen molar-refractivity contribution in [3.63, 3.8) is 0 Å². The molecule has 1 aromatic rings. The van der Waals surface area contributed by atoms with Gasteiger partial charge >= 0.3 is 0 Å². The molecule has 1 fully saturated rings. The van der Waals surface area contributed by atoms with E-state index in [1.165, 1.54) is 5.56 Å². The molecule has 2 nitrogen and oxygen atoms in total. The second kappa shape index (κ2) is 6.18. The van der Waals surface area contributed by atoms with Gasteiger partial charge in [0, 0.05) is 11.1 Å². The maximum atomic E-state index is 6.01. The van der Waals surface area contributed by atoms with Crippen LogP contribution in [-0.2, 0) is 4.74 Å². The number of hydrogen-bond acceptors (Lipinski definition) is 2. The summed E-state index contributed by atoms with van der Waals surface area (Å²) in [5, 5.41) is 3.65. The van der Waals surface area contributed by atoms with Crippen molar-refractivity contribution in [3.05, 3.63) is 34.3 Å². The molecule has 1 aromatic carbocycles. The summed E-state index contributed by atoms with van der Waals surface area (Å²) in [6.45, 7) is 6.34. The average Bonchev–Trinajstić information content (AvgIpc) is 2.80. The minimum absolute atomic E-state index is 0.0665. The molecule has 3 heteroatoms. The number of rotatable bonds is 5. The molecule has 1 N–H and O–H groups in total. The third-order valence-electron chi connectivity index (χ3n) is 3.66. The van der Waals surface area contributed by atoms with Crippen molar-refractivity contribution in [2.24, 2.45) is 0 Å². The lowest BCUT2D eigenvalue weighted by Crippen LogP contribution is -2.41. The van der Waals surface area contributed by atoms with Gasteiger partial charge in [0.2, 0.25) is 0 Å². The van der Waals surface area contributed by atoms with Crippen LogP contribution in [0, 0.1) is 0 Å². The number of nitrogens with one attached hydrogen (secondary N) is 1. The highest BCUT2D eigenvalue weighted by molar-refractivity contribution is 9.10. The molecule has 0 amide bonds. The molecule has 0 saturated carbocycles. The van der Waals surface area contributed by atoms with Gasteiger partial charge in [0.15, 0.2) is 0 Å². The van der Waals surface area contributed by atoms with Gasteiger partial charge in [-0.05, 0) is 50.4 Å². The van der Waals surface area contributed by atoms with Crippen LogP contribution >= 0.6 is 15.9 Å². The summed E-state index contributed by atoms with van der Waals surface area (Å²) >= 11 is 3.49. The highest BCUT2D eigenvalue weighted by Gasteiger charge is 2.38. The molecule has 0 aliphatic carbocycles. The smallest absolute Gasteiger partial charge is 0.0849 e. The van der Waals surface area contributed by atoms with Gasteiger partial charge in [-0.25, -0.2) is 0 Å². The molecule has 1 heterocycles. The van der Waals surface area contributed by atoms with Crippen molar-refractivity contribution < 1.29 is 4.74 Å². The Kier molecular flexibility index (Phi) is 4.82. The molecular formula is C15H22BrNO. The van der Waals surface area contributed by atoms with Gasteiger partial charge in [0.1, 0.15) is 0 Å². The average molecular weight is 312 g/mol. The molecule has 2 atom stereocenters. The second-order valence-electron chi connectivity index (χ2n) is 5.20. The second-order valence-corrected chi connectivity index (χ2v) is 6.12. The standard InChI is InChI=1S/C15H22BrNO/c1-3-10-17-14(15(2)9-4-11-18-15)12-5-7-13(16)8-6-12/h5-8,14,17H,3-4,9-11H2,1-2H3. The summed E-state index contributed by atoms with van der Waals surface area (Å²) in [5.74, 6) is 0. The molecule has 0 radical (unpaired) electrons. The first kappa shape index (κ1) is 14.0. The predicted molar refractivity (Wildman–Crippen MR) is 78.8 cm³/mol. The first-order valence-electron chi connectivity index (χ1n) is 6.78. The summed E-state index contributed by atoms with van der Waals surface area (Å²) in [7, 11) is 0. The van der Waals surface area contributed by atoms with Crippen LogP contribution in [0.3, 0.4) is 0 Å². The molecule has 100 valence electrons. The van der Waals surface area contributed by atoms with E-state index >= 15 is 0 Å². The third kappa shape index (κ3) is 3.14. The maximum Gasteiger partial charge on any atom is 0.0849 e. The first-order chi connectivity index (χ1) is 8.65. The topological polar surface area (TPSA) is 21.3 Å². The normalized spacial score (nSPS) is 25.3. The van der Waals surface area contributed by atoms with E-state index < -0.39 is 0 Å². The minimum atomic E-state index is -0.0665. The van der Waals surface area contributed by atoms with Gasteiger partial charge in [-0.1, -0.05) is 35.0 Å². The Balaban J connectivity index is 2.21. The largest absolute Gasteiger partial charge is 0.373 e. The number of hydrogen-bond donors (Lipinski definition) is 1. The van der Waals surface area contributed by atoms with E-state index in [4.69, 9.17) is 4.74 Å². The van der Waals surface area contributed by atoms with E-state index in [0.29, 0.717) is 0 Å². The van der Waals surface area contributed by atoms with E-state index in [1.807, 2.05) is 0 Å². The summed E-state index contributed by atoms with van der Waals surface area (Å²) in [6, 6.07) is 8.87. The number of halogens is 1. The van der Waals surface area contributed by atoms with Crippen LogP contribution in [0.15, 0.2) is 28.7 Å². The van der Waals surface area contributed by atoms with Gasteiger partial charge in [0.25, 0.3) is 0 Å². The first-order valence-corrected chi connectivity index (χ1v) is 7.58. The Morgan fingerprint density at radius 3 is 2.67 bits per heavy atom. The Morgan fingerprint density at radius 1 is 1.39 bits per heavy atom. The summed E-state index contributed by atoms with van der Waals surface area (Å²) in [6.07, 6.45) is 3.44. The lowest BCUT2D eigenvalue weighted by Gasteiger charge is -2.34. The quantitative estimate of drug-likeness (QED) is 0.885. The molecule has 0 spiro atoms. The zero-order chi connectivity index (χ0) is 13.0. The molecule has 1 aliphatic heterocycles. The fourth-order valence-corrected chi connectivity index (χ4v) is 2.92. The molecule has 1 aliphatic rings. The van der Waals surface area contributed by atoms with Crippen LogP contribution in [0.2, 0.25) is 0 Å². The van der Waals surface area contributed by atoms with Gasteiger partial charge in [-0.3, -0.25) is 0 Å². The lowest BCUT2D eigenvalue weighted by molar-refractivity contribution is -0.0124. The van der Waals surface area contributed by atoms with Crippen LogP contribution < -0.4 is 5.32 Å². The number of ether oxygens (including phenoxy) is 1. The molecular weight excluding hydrogens is 290 g/mol. The van der Waals surface area contributed by atoms with E-state index in [0.717, 1.165) is 36.9 Å². The monoisotopic (exact) mass is 311 g/mol. The Labute approximate surface area is 118 Å². The fourth-order valence-electron chi connectivity index (χ4n) is 2.66. The SMILES string of the molecule is CCCNC(c1ccc(Br)cc1)C1(C)CCCO1. The summed E-state index contributed by atoms with van der Waals surface area (Å²) in [5.41, 5.74) is 1.25. The van der Waals surface area contributed by atoms with Crippen LogP contribution in [-0.4, -0.2) is 18.8 Å². The molecule has 1 saturated heterocycles. The van der Waals surface area contributed by atoms with Crippen molar-refractivity contribution in [2.45, 2.75) is 44.8 Å². The van der Waals surface area contributed by atoms with Crippen LogP contribution in [0.25, 0.3) is 0 Å². The van der Waals surface area contributed by atoms with Crippen molar-refractivity contribution in [1.29, 1.82) is 0 Å². The van der Waals surface area contributed by atoms with Gasteiger partial charge in [-0.15, -0.1) is 0 Å². The van der Waals surface area contributed by atoms with Gasteiger partial charge in [0.05, 0.1) is 11.6 Å². The molecule has 18 heavy (non-hydrogen) atoms. The Morgan fingerprint density at radius 2 is 2.11 bits per heavy atom. The lowest BCUT2D eigenvalue weighted by atomic mass is 9.87. The maximum absolute atomic E-state index is 6.01. The Bertz CT molecular complexity index is 371. The molecule has 0 bridgehead atoms. The van der Waals surface area contributed by atoms with Crippen LogP contribution in [0.5, 0.6) is 0 Å². The van der Waals surface area contributed by atoms with E-state index in [9.17, 15) is 0 Å². The highest BCUT2D eigenvalue weighted by atomic mass is 79.9. The summed E-state index contributed by atoms with van der Waals surface area (Å²) < 4.78 is 7.13. The summed E-state index contributed by atoms with van der Waals surface area (Å²) in [4.78, 5) is 0. The van der Waals surface area contributed by atoms with Crippen molar-refractivity contribution in [1.82, 2.24) is 5.32 Å². The van der Waals surface area contributed by atoms with Gasteiger partial charge < -0.3 is 10.1 Å². The zero-order valence-electron chi connectivity index (χ0n) is 11.2. The van der Waals surface area contributed by atoms with E-state index in [2.05, 4.69) is 59.4 Å². The van der Waals surface area contributed by atoms with Gasteiger partial charge in [-0.2, -0.15) is 0 Å². The number of benzene rings is 1. The minimum Gasteiger partial charge on any atom is -0.373 e. The predicted octanol–water partition coefficient (Wildman–Crippen LogP) is 4.06. The molecule has 0 aromatic heterocycles. The Hall–Kier alpha value is -0.380. The van der Waals surface area contributed by atoms with Crippen molar-refractivity contribution in [3.8, 4) is 0 Å². The van der Waals surface area contributed by atoms with Crippen LogP contribution in [0.1, 0.15) is 44.7 Å². The highest BCUT2D eigenvalue weighted by Crippen LogP contribution is 2.37.